The van der Waals surface area contributed by atoms with Crippen molar-refractivity contribution in [2.75, 3.05) is 4.90 Å². The Kier molecular flexibility index (Phi) is 9.09. The van der Waals surface area contributed by atoms with E-state index in [0.717, 1.165) is 22.7 Å². The molecule has 12 aromatic carbocycles. The predicted molar refractivity (Wildman–Crippen MR) is 314 cm³/mol. The molecule has 1 heterocycles. The molecule has 0 atom stereocenters. The second-order valence-corrected chi connectivity index (χ2v) is 21.6. The van der Waals surface area contributed by atoms with Crippen LogP contribution in [0, 0.1) is 0 Å². The molecule has 0 radical (unpaired) electrons. The van der Waals surface area contributed by atoms with Crippen molar-refractivity contribution in [3.8, 4) is 50.2 Å². The van der Waals surface area contributed by atoms with Crippen LogP contribution in [0.5, 0.6) is 0 Å². The molecule has 2 aliphatic rings. The van der Waals surface area contributed by atoms with Gasteiger partial charge in [-0.05, 0) is 172 Å². The lowest BCUT2D eigenvalue weighted by atomic mass is 9.82. The highest BCUT2D eigenvalue weighted by atomic mass is 15.1. The lowest BCUT2D eigenvalue weighted by Crippen LogP contribution is -2.18. The summed E-state index contributed by atoms with van der Waals surface area (Å²) < 4.78 is 2.43. The fraction of sp³-hybridized carbons (Fsp3) is 0.0833. The second-order valence-electron chi connectivity index (χ2n) is 21.6. The van der Waals surface area contributed by atoms with Crippen LogP contribution in [-0.2, 0) is 10.8 Å². The number of benzene rings is 12. The fourth-order valence-corrected chi connectivity index (χ4v) is 13.3. The molecule has 2 nitrogen and oxygen atoms in total. The molecule has 2 aliphatic carbocycles. The van der Waals surface area contributed by atoms with Crippen LogP contribution in [0.4, 0.5) is 17.1 Å². The van der Waals surface area contributed by atoms with Crippen molar-refractivity contribution in [1.29, 1.82) is 0 Å². The summed E-state index contributed by atoms with van der Waals surface area (Å²) in [6.07, 6.45) is 0. The van der Waals surface area contributed by atoms with E-state index in [9.17, 15) is 0 Å². The third-order valence-electron chi connectivity index (χ3n) is 17.0. The van der Waals surface area contributed by atoms with Crippen molar-refractivity contribution in [2.24, 2.45) is 0 Å². The highest BCUT2D eigenvalue weighted by molar-refractivity contribution is 6.27. The summed E-state index contributed by atoms with van der Waals surface area (Å²) in [5, 5.41) is 10.1. The summed E-state index contributed by atoms with van der Waals surface area (Å²) in [5.41, 5.74) is 22.2. The second kappa shape index (κ2) is 15.8. The van der Waals surface area contributed by atoms with E-state index in [2.05, 4.69) is 280 Å². The molecule has 2 heteroatoms. The third kappa shape index (κ3) is 6.12. The molecule has 0 bridgehead atoms. The maximum absolute atomic E-state index is 2.49. The first-order valence-electron chi connectivity index (χ1n) is 26.1. The van der Waals surface area contributed by atoms with Crippen molar-refractivity contribution in [2.45, 2.75) is 38.5 Å². The van der Waals surface area contributed by atoms with Gasteiger partial charge in [-0.2, -0.15) is 0 Å². The Hall–Kier alpha value is -8.98. The monoisotopic (exact) mass is 944 g/mol. The Bertz CT molecular complexity index is 4370. The zero-order valence-electron chi connectivity index (χ0n) is 42.0. The van der Waals surface area contributed by atoms with Gasteiger partial charge in [-0.15, -0.1) is 0 Å². The molecule has 0 unspecified atom stereocenters. The fourth-order valence-electron chi connectivity index (χ4n) is 13.3. The average Bonchev–Trinajstić information content (AvgIpc) is 4.01. The van der Waals surface area contributed by atoms with Crippen LogP contribution in [0.3, 0.4) is 0 Å². The Balaban J connectivity index is 0.946. The van der Waals surface area contributed by atoms with E-state index >= 15 is 0 Å². The number of fused-ring (bicyclic) bond motifs is 15. The zero-order valence-corrected chi connectivity index (χ0v) is 42.0. The quantitative estimate of drug-likeness (QED) is 0.151. The van der Waals surface area contributed by atoms with Crippen molar-refractivity contribution >= 4 is 71.2 Å². The van der Waals surface area contributed by atoms with E-state index in [-0.39, 0.29) is 10.8 Å². The molecule has 1 aromatic heterocycles. The van der Waals surface area contributed by atoms with Gasteiger partial charge in [0.15, 0.2) is 0 Å². The van der Waals surface area contributed by atoms with E-state index < -0.39 is 0 Å². The van der Waals surface area contributed by atoms with Gasteiger partial charge in [0.2, 0.25) is 0 Å². The smallest absolute Gasteiger partial charge is 0.0547 e. The molecule has 0 fully saturated rings. The normalized spacial score (nSPS) is 13.9. The van der Waals surface area contributed by atoms with E-state index in [0.29, 0.717) is 0 Å². The first-order valence-corrected chi connectivity index (χ1v) is 26.1. The van der Waals surface area contributed by atoms with Gasteiger partial charge in [-0.25, -0.2) is 0 Å². The summed E-state index contributed by atoms with van der Waals surface area (Å²) in [7, 11) is 0. The Morgan fingerprint density at radius 1 is 0.270 bits per heavy atom. The molecule has 0 N–H and O–H groups in total. The third-order valence-corrected chi connectivity index (χ3v) is 17.0. The van der Waals surface area contributed by atoms with E-state index in [1.54, 1.807) is 0 Å². The SMILES string of the molecule is CC1(C)c2ccccc2-c2ccc(N(c3ccc(-c4cc5c6ccccc6c6ccccc6c5cc4-c4ccc5c6ccccc6n(-c6ccccc6)c5c4)cc3)c3ccc4c(c3)C(C)(C)c3ccccc3-4)cc21. The zero-order chi connectivity index (χ0) is 49.5. The van der Waals surface area contributed by atoms with Gasteiger partial charge in [0.05, 0.1) is 11.0 Å². The van der Waals surface area contributed by atoms with Gasteiger partial charge in [-0.3, -0.25) is 0 Å². The Morgan fingerprint density at radius 3 is 1.26 bits per heavy atom. The highest BCUT2D eigenvalue weighted by Gasteiger charge is 2.38. The number of para-hydroxylation sites is 2. The molecule has 0 amide bonds. The summed E-state index contributed by atoms with van der Waals surface area (Å²) in [4.78, 5) is 2.49. The van der Waals surface area contributed by atoms with Crippen molar-refractivity contribution in [3.63, 3.8) is 0 Å². The minimum Gasteiger partial charge on any atom is -0.310 e. The van der Waals surface area contributed by atoms with Gasteiger partial charge in [0.25, 0.3) is 0 Å². The molecule has 350 valence electrons. The number of nitrogens with zero attached hydrogens (tertiary/aromatic N) is 2. The molecule has 0 saturated carbocycles. The predicted octanol–water partition coefficient (Wildman–Crippen LogP) is 19.7. The van der Waals surface area contributed by atoms with Crippen LogP contribution in [0.25, 0.3) is 104 Å². The van der Waals surface area contributed by atoms with Crippen molar-refractivity contribution in [1.82, 2.24) is 4.57 Å². The maximum atomic E-state index is 2.49. The first kappa shape index (κ1) is 42.7. The number of hydrogen-bond acceptors (Lipinski definition) is 1. The number of rotatable bonds is 6. The van der Waals surface area contributed by atoms with Crippen LogP contribution >= 0.6 is 0 Å². The van der Waals surface area contributed by atoms with Crippen molar-refractivity contribution in [3.05, 3.63) is 265 Å². The molecule has 74 heavy (non-hydrogen) atoms. The molecular weight excluding hydrogens is 893 g/mol. The molecule has 15 rings (SSSR count). The summed E-state index contributed by atoms with van der Waals surface area (Å²) in [6, 6.07) is 91.1. The van der Waals surface area contributed by atoms with Crippen LogP contribution < -0.4 is 4.90 Å². The standard InChI is InChI=1S/C72H52N2/c1-71(2)65-27-15-12-24-55(65)57-38-35-49(41-67(57)71)73(50-36-39-58-56-25-13-16-28-66(56)72(3,4)68(58)42-50)48-33-30-45(31-34-48)61-43-63-53-22-10-8-20-51(53)52-21-9-11-23-54(52)64(63)44-62(61)46-32-37-60-59-26-14-17-29-69(59)74(70(60)40-46)47-18-6-5-7-19-47/h5-44H,1-4H3. The molecule has 0 aliphatic heterocycles. The Morgan fingerprint density at radius 2 is 0.689 bits per heavy atom. The summed E-state index contributed by atoms with van der Waals surface area (Å²) in [5.74, 6) is 0. The number of hydrogen-bond donors (Lipinski definition) is 0. The number of anilines is 3. The minimum absolute atomic E-state index is 0.139. The van der Waals surface area contributed by atoms with Gasteiger partial charge >= 0.3 is 0 Å². The van der Waals surface area contributed by atoms with Crippen molar-refractivity contribution < 1.29 is 0 Å². The van der Waals surface area contributed by atoms with Gasteiger partial charge in [-0.1, -0.05) is 198 Å². The van der Waals surface area contributed by atoms with E-state index in [1.807, 2.05) is 0 Å². The van der Waals surface area contributed by atoms with E-state index in [1.165, 1.54) is 121 Å². The molecule has 13 aromatic rings. The molecule has 0 spiro atoms. The average molecular weight is 945 g/mol. The largest absolute Gasteiger partial charge is 0.310 e. The van der Waals surface area contributed by atoms with Crippen LogP contribution in [0.1, 0.15) is 49.9 Å². The van der Waals surface area contributed by atoms with Gasteiger partial charge in [0.1, 0.15) is 0 Å². The summed E-state index contributed by atoms with van der Waals surface area (Å²) in [6.45, 7) is 9.51. The van der Waals surface area contributed by atoms with Gasteiger partial charge < -0.3 is 9.47 Å². The van der Waals surface area contributed by atoms with E-state index in [4.69, 9.17) is 0 Å². The highest BCUT2D eigenvalue weighted by Crippen LogP contribution is 2.54. The van der Waals surface area contributed by atoms with Gasteiger partial charge in [0, 0.05) is 44.4 Å². The lowest BCUT2D eigenvalue weighted by Gasteiger charge is -2.30. The van der Waals surface area contributed by atoms with Crippen LogP contribution in [0.15, 0.2) is 243 Å². The van der Waals surface area contributed by atoms with Crippen LogP contribution in [-0.4, -0.2) is 4.57 Å². The molecular formula is C72H52N2. The first-order chi connectivity index (χ1) is 36.2. The lowest BCUT2D eigenvalue weighted by molar-refractivity contribution is 0.660. The molecule has 0 saturated heterocycles. The van der Waals surface area contributed by atoms with Crippen LogP contribution in [0.2, 0.25) is 0 Å². The maximum Gasteiger partial charge on any atom is 0.0547 e. The summed E-state index contributed by atoms with van der Waals surface area (Å²) >= 11 is 0. The Labute approximate surface area is 432 Å². The topological polar surface area (TPSA) is 8.17 Å². The minimum atomic E-state index is -0.139. The number of aromatic nitrogens is 1.